The molecule has 0 aliphatic carbocycles. The number of fused-ring (bicyclic) bond motifs is 1. The third kappa shape index (κ3) is 5.09. The summed E-state index contributed by atoms with van der Waals surface area (Å²) in [5.41, 5.74) is 2.73. The minimum Gasteiger partial charge on any atom is -0.492 e. The average Bonchev–Trinajstić information content (AvgIpc) is 2.62. The molecule has 1 heterocycles. The molecule has 3 aromatic rings. The molecule has 0 saturated carbocycles. The first-order valence-electron chi connectivity index (χ1n) is 8.30. The van der Waals surface area contributed by atoms with Crippen LogP contribution in [0, 0.1) is 13.0 Å². The predicted octanol–water partition coefficient (Wildman–Crippen LogP) is 4.23. The molecule has 6 heteroatoms. The third-order valence-electron chi connectivity index (χ3n) is 3.85. The third-order valence-corrected chi connectivity index (χ3v) is 3.85. The number of ether oxygens (including phenoxy) is 1. The van der Waals surface area contributed by atoms with Crippen LogP contribution in [0.3, 0.4) is 0 Å². The zero-order chi connectivity index (χ0) is 17.6. The van der Waals surface area contributed by atoms with Crippen LogP contribution in [0.4, 0.5) is 11.5 Å². The summed E-state index contributed by atoms with van der Waals surface area (Å²) in [5, 5.41) is 4.09. The number of hydrogen-bond donors (Lipinski definition) is 1. The largest absolute Gasteiger partial charge is 0.492 e. The van der Waals surface area contributed by atoms with Crippen molar-refractivity contribution >= 4 is 28.2 Å². The molecular formula is C20H20N3O2Y-. The van der Waals surface area contributed by atoms with Crippen LogP contribution in [-0.2, 0) is 37.5 Å². The van der Waals surface area contributed by atoms with Gasteiger partial charge in [-0.25, -0.2) is 9.97 Å². The van der Waals surface area contributed by atoms with Crippen molar-refractivity contribution in [3.05, 3.63) is 54.4 Å². The normalized spacial score (nSPS) is 10.2. The summed E-state index contributed by atoms with van der Waals surface area (Å²) in [6.07, 6.45) is 2.45. The molecule has 0 aliphatic rings. The molecule has 0 bridgehead atoms. The molecule has 1 radical (unpaired) electrons. The number of carbonyl (C=O) groups excluding carboxylic acids is 1. The van der Waals surface area contributed by atoms with Gasteiger partial charge < -0.3 is 10.1 Å². The number of aryl methyl sites for hydroxylation is 1. The molecule has 0 spiro atoms. The van der Waals surface area contributed by atoms with Crippen LogP contribution in [0.5, 0.6) is 5.75 Å². The number of aromatic nitrogens is 2. The van der Waals surface area contributed by atoms with E-state index in [4.69, 9.17) is 4.74 Å². The molecule has 0 atom stereocenters. The van der Waals surface area contributed by atoms with Crippen molar-refractivity contribution < 1.29 is 42.2 Å². The van der Waals surface area contributed by atoms with E-state index in [2.05, 4.69) is 21.4 Å². The molecule has 0 amide bonds. The van der Waals surface area contributed by atoms with Gasteiger partial charge in [0.15, 0.2) is 0 Å². The summed E-state index contributed by atoms with van der Waals surface area (Å²) in [4.78, 5) is 20.2. The average molecular weight is 423 g/mol. The van der Waals surface area contributed by atoms with Gasteiger partial charge in [0.25, 0.3) is 0 Å². The molecule has 0 unspecified atom stereocenters. The van der Waals surface area contributed by atoms with Gasteiger partial charge in [-0.2, -0.15) is 24.3 Å². The van der Waals surface area contributed by atoms with Crippen LogP contribution in [0.25, 0.3) is 10.9 Å². The SMILES string of the molecule is CCC(=O)CCOc1cc(C)cc2ncnc(Nc3c[c-]ccc3)c12.[Y]. The molecule has 3 rings (SSSR count). The van der Waals surface area contributed by atoms with Crippen molar-refractivity contribution in [3.63, 3.8) is 0 Å². The van der Waals surface area contributed by atoms with E-state index >= 15 is 0 Å². The van der Waals surface area contributed by atoms with E-state index in [-0.39, 0.29) is 38.5 Å². The number of nitrogens with zero attached hydrogens (tertiary/aromatic N) is 2. The first-order chi connectivity index (χ1) is 12.2. The fourth-order valence-electron chi connectivity index (χ4n) is 2.56. The van der Waals surface area contributed by atoms with Crippen LogP contribution < -0.4 is 10.1 Å². The van der Waals surface area contributed by atoms with Crippen molar-refractivity contribution in [3.8, 4) is 5.75 Å². The molecule has 2 aromatic carbocycles. The Hall–Kier alpha value is -1.85. The molecule has 131 valence electrons. The Kier molecular flexibility index (Phi) is 7.67. The smallest absolute Gasteiger partial charge is 0.136 e. The van der Waals surface area contributed by atoms with Gasteiger partial charge in [-0.3, -0.25) is 4.79 Å². The monoisotopic (exact) mass is 423 g/mol. The molecule has 0 aliphatic heterocycles. The van der Waals surface area contributed by atoms with Crippen LogP contribution in [-0.4, -0.2) is 22.4 Å². The summed E-state index contributed by atoms with van der Waals surface area (Å²) in [6.45, 7) is 4.20. The fourth-order valence-corrected chi connectivity index (χ4v) is 2.56. The van der Waals surface area contributed by atoms with Crippen molar-refractivity contribution in [2.45, 2.75) is 26.7 Å². The number of ketones is 1. The van der Waals surface area contributed by atoms with E-state index in [1.807, 2.05) is 50.2 Å². The maximum absolute atomic E-state index is 11.5. The van der Waals surface area contributed by atoms with Gasteiger partial charge in [0.05, 0.1) is 17.5 Å². The van der Waals surface area contributed by atoms with E-state index in [1.165, 1.54) is 6.33 Å². The van der Waals surface area contributed by atoms with E-state index < -0.39 is 0 Å². The predicted molar refractivity (Wildman–Crippen MR) is 98.2 cm³/mol. The van der Waals surface area contributed by atoms with Gasteiger partial charge in [0, 0.05) is 45.6 Å². The van der Waals surface area contributed by atoms with E-state index in [0.717, 1.165) is 22.2 Å². The van der Waals surface area contributed by atoms with Crippen LogP contribution in [0.1, 0.15) is 25.3 Å². The number of benzene rings is 2. The molecular weight excluding hydrogens is 403 g/mol. The number of Topliss-reactive ketones (excluding diaryl/α,β-unsaturated/α-hetero) is 1. The van der Waals surface area contributed by atoms with Crippen LogP contribution in [0.15, 0.2) is 42.7 Å². The van der Waals surface area contributed by atoms with Gasteiger partial charge >= 0.3 is 0 Å². The Morgan fingerprint density at radius 3 is 2.88 bits per heavy atom. The molecule has 1 N–H and O–H groups in total. The standard InChI is InChI=1S/C20H20N3O2.Y/c1-3-16(24)9-10-25-18-12-14(2)11-17-19(18)20(22-13-21-17)23-15-7-5-4-6-8-15;/h4-5,7-8,11-13H,3,9-10H2,1-2H3,(H,21,22,23);/q-1;. The molecule has 5 nitrogen and oxygen atoms in total. The second-order valence-electron chi connectivity index (χ2n) is 5.79. The van der Waals surface area contributed by atoms with Crippen molar-refractivity contribution in [2.75, 3.05) is 11.9 Å². The number of nitrogens with one attached hydrogen (secondary N) is 1. The summed E-state index contributed by atoms with van der Waals surface area (Å²) < 4.78 is 5.90. The van der Waals surface area contributed by atoms with Crippen molar-refractivity contribution in [1.29, 1.82) is 0 Å². The van der Waals surface area contributed by atoms with Gasteiger partial charge in [0.1, 0.15) is 23.7 Å². The fraction of sp³-hybridized carbons (Fsp3) is 0.250. The second kappa shape index (κ2) is 9.74. The summed E-state index contributed by atoms with van der Waals surface area (Å²) in [6, 6.07) is 14.5. The Morgan fingerprint density at radius 2 is 2.15 bits per heavy atom. The van der Waals surface area contributed by atoms with Crippen molar-refractivity contribution in [1.82, 2.24) is 9.97 Å². The first kappa shape index (κ1) is 20.5. The number of carbonyl (C=O) groups is 1. The summed E-state index contributed by atoms with van der Waals surface area (Å²) in [7, 11) is 0. The van der Waals surface area contributed by atoms with E-state index in [9.17, 15) is 4.79 Å². The first-order valence-corrected chi connectivity index (χ1v) is 8.30. The Bertz CT molecular complexity index is 885. The Balaban J connectivity index is 0.00000243. The maximum Gasteiger partial charge on any atom is 0.136 e. The Morgan fingerprint density at radius 1 is 1.31 bits per heavy atom. The molecule has 1 aromatic heterocycles. The molecule has 0 saturated heterocycles. The quantitative estimate of drug-likeness (QED) is 0.577. The van der Waals surface area contributed by atoms with Gasteiger partial charge in [-0.15, -0.1) is 6.07 Å². The second-order valence-corrected chi connectivity index (χ2v) is 5.79. The zero-order valence-electron chi connectivity index (χ0n) is 15.0. The van der Waals surface area contributed by atoms with Gasteiger partial charge in [-0.1, -0.05) is 12.6 Å². The minimum atomic E-state index is 0. The van der Waals surface area contributed by atoms with E-state index in [0.29, 0.717) is 31.0 Å². The van der Waals surface area contributed by atoms with Gasteiger partial charge in [-0.05, 0) is 24.6 Å². The van der Waals surface area contributed by atoms with Gasteiger partial charge in [0.2, 0.25) is 0 Å². The zero-order valence-corrected chi connectivity index (χ0v) is 17.8. The number of rotatable bonds is 7. The molecule has 26 heavy (non-hydrogen) atoms. The van der Waals surface area contributed by atoms with Crippen molar-refractivity contribution in [2.24, 2.45) is 0 Å². The molecule has 0 fully saturated rings. The maximum atomic E-state index is 11.5. The minimum absolute atomic E-state index is 0. The number of hydrogen-bond acceptors (Lipinski definition) is 5. The number of anilines is 2. The van der Waals surface area contributed by atoms with Crippen LogP contribution >= 0.6 is 0 Å². The summed E-state index contributed by atoms with van der Waals surface area (Å²) >= 11 is 0. The van der Waals surface area contributed by atoms with E-state index in [1.54, 1.807) is 0 Å². The summed E-state index contributed by atoms with van der Waals surface area (Å²) in [5.74, 6) is 1.54. The van der Waals surface area contributed by atoms with Crippen LogP contribution in [0.2, 0.25) is 0 Å². The topological polar surface area (TPSA) is 64.1 Å². The Labute approximate surface area is 178 Å².